The maximum atomic E-state index is 6.05. The van der Waals surface area contributed by atoms with Crippen LogP contribution < -0.4 is 5.32 Å². The third kappa shape index (κ3) is 4.62. The molecule has 0 spiro atoms. The second-order valence-corrected chi connectivity index (χ2v) is 6.63. The number of hydrogen-bond donors (Lipinski definition) is 1. The van der Waals surface area contributed by atoms with Gasteiger partial charge in [-0.3, -0.25) is 0 Å². The molecule has 0 radical (unpaired) electrons. The molecular formula is C16H26ClN. The summed E-state index contributed by atoms with van der Waals surface area (Å²) < 4.78 is 0. The van der Waals surface area contributed by atoms with Crippen molar-refractivity contribution < 1.29 is 0 Å². The second-order valence-electron chi connectivity index (χ2n) is 6.19. The van der Waals surface area contributed by atoms with E-state index in [1.54, 1.807) is 0 Å². The lowest BCUT2D eigenvalue weighted by molar-refractivity contribution is 0.244. The zero-order chi connectivity index (χ0) is 13.8. The molecule has 0 aliphatic heterocycles. The molecule has 1 aromatic carbocycles. The Balaban J connectivity index is 2.63. The standard InChI is InChI=1S/C16H26ClN/c1-6-15(13-8-7-9-14(17)10-13)18-11-12(2)16(3,4)5/h7-10,12,15,18H,6,11H2,1-5H3. The van der Waals surface area contributed by atoms with Crippen LogP contribution in [0.25, 0.3) is 0 Å². The monoisotopic (exact) mass is 267 g/mol. The van der Waals surface area contributed by atoms with Crippen LogP contribution in [0.15, 0.2) is 24.3 Å². The van der Waals surface area contributed by atoms with Gasteiger partial charge in [0.1, 0.15) is 0 Å². The highest BCUT2D eigenvalue weighted by Crippen LogP contribution is 2.26. The first-order valence-corrected chi connectivity index (χ1v) is 7.21. The fraction of sp³-hybridized carbons (Fsp3) is 0.625. The van der Waals surface area contributed by atoms with Gasteiger partial charge in [0.2, 0.25) is 0 Å². The van der Waals surface area contributed by atoms with Gasteiger partial charge in [0.05, 0.1) is 0 Å². The molecule has 2 atom stereocenters. The van der Waals surface area contributed by atoms with Gasteiger partial charge in [-0.05, 0) is 42.0 Å². The molecule has 0 saturated carbocycles. The van der Waals surface area contributed by atoms with Crippen LogP contribution in [-0.2, 0) is 0 Å². The molecule has 0 bridgehead atoms. The molecule has 0 saturated heterocycles. The summed E-state index contributed by atoms with van der Waals surface area (Å²) in [5.74, 6) is 0.644. The minimum Gasteiger partial charge on any atom is -0.310 e. The Labute approximate surface area is 117 Å². The number of rotatable bonds is 5. The summed E-state index contributed by atoms with van der Waals surface area (Å²) >= 11 is 6.05. The first kappa shape index (κ1) is 15.5. The largest absolute Gasteiger partial charge is 0.310 e. The highest BCUT2D eigenvalue weighted by atomic mass is 35.5. The molecule has 0 aliphatic carbocycles. The highest BCUT2D eigenvalue weighted by molar-refractivity contribution is 6.30. The van der Waals surface area contributed by atoms with E-state index in [1.807, 2.05) is 12.1 Å². The average Bonchev–Trinajstić information content (AvgIpc) is 2.28. The Kier molecular flexibility index (Phi) is 5.68. The van der Waals surface area contributed by atoms with E-state index in [2.05, 4.69) is 52.1 Å². The van der Waals surface area contributed by atoms with E-state index in [9.17, 15) is 0 Å². The predicted octanol–water partition coefficient (Wildman–Crippen LogP) is 5.06. The number of nitrogens with one attached hydrogen (secondary N) is 1. The van der Waals surface area contributed by atoms with Crippen molar-refractivity contribution >= 4 is 11.6 Å². The smallest absolute Gasteiger partial charge is 0.0409 e. The SMILES string of the molecule is CCC(NCC(C)C(C)(C)C)c1cccc(Cl)c1. The molecular weight excluding hydrogens is 242 g/mol. The average molecular weight is 268 g/mol. The number of halogens is 1. The van der Waals surface area contributed by atoms with Crippen LogP contribution in [0.4, 0.5) is 0 Å². The summed E-state index contributed by atoms with van der Waals surface area (Å²) in [6.07, 6.45) is 1.08. The van der Waals surface area contributed by atoms with Crippen molar-refractivity contribution in [2.45, 2.75) is 47.1 Å². The van der Waals surface area contributed by atoms with Gasteiger partial charge in [0.15, 0.2) is 0 Å². The van der Waals surface area contributed by atoms with Crippen molar-refractivity contribution in [2.75, 3.05) is 6.54 Å². The molecule has 2 heteroatoms. The summed E-state index contributed by atoms with van der Waals surface area (Å²) in [5.41, 5.74) is 1.63. The molecule has 0 amide bonds. The second kappa shape index (κ2) is 6.58. The minimum absolute atomic E-state index is 0.347. The summed E-state index contributed by atoms with van der Waals surface area (Å²) in [6.45, 7) is 12.4. The highest BCUT2D eigenvalue weighted by Gasteiger charge is 2.20. The van der Waals surface area contributed by atoms with Crippen LogP contribution in [0.2, 0.25) is 5.02 Å². The molecule has 1 N–H and O–H groups in total. The molecule has 18 heavy (non-hydrogen) atoms. The zero-order valence-electron chi connectivity index (χ0n) is 12.3. The summed E-state index contributed by atoms with van der Waals surface area (Å²) in [4.78, 5) is 0. The van der Waals surface area contributed by atoms with Crippen molar-refractivity contribution in [1.29, 1.82) is 0 Å². The molecule has 0 aliphatic rings. The Morgan fingerprint density at radius 2 is 1.94 bits per heavy atom. The Morgan fingerprint density at radius 1 is 1.28 bits per heavy atom. The van der Waals surface area contributed by atoms with Crippen molar-refractivity contribution in [2.24, 2.45) is 11.3 Å². The van der Waals surface area contributed by atoms with E-state index in [0.29, 0.717) is 17.4 Å². The molecule has 0 aromatic heterocycles. The molecule has 0 fully saturated rings. The lowest BCUT2D eigenvalue weighted by atomic mass is 9.82. The van der Waals surface area contributed by atoms with E-state index in [0.717, 1.165) is 18.0 Å². The normalized spacial score (nSPS) is 15.4. The van der Waals surface area contributed by atoms with Crippen LogP contribution in [0.5, 0.6) is 0 Å². The van der Waals surface area contributed by atoms with Crippen LogP contribution >= 0.6 is 11.6 Å². The van der Waals surface area contributed by atoms with Gasteiger partial charge in [-0.1, -0.05) is 58.4 Å². The zero-order valence-corrected chi connectivity index (χ0v) is 13.0. The van der Waals surface area contributed by atoms with Crippen molar-refractivity contribution in [3.05, 3.63) is 34.9 Å². The lowest BCUT2D eigenvalue weighted by Gasteiger charge is -2.29. The van der Waals surface area contributed by atoms with E-state index in [-0.39, 0.29) is 0 Å². The van der Waals surface area contributed by atoms with Gasteiger partial charge in [-0.15, -0.1) is 0 Å². The van der Waals surface area contributed by atoms with Gasteiger partial charge in [-0.2, -0.15) is 0 Å². The van der Waals surface area contributed by atoms with Gasteiger partial charge >= 0.3 is 0 Å². The summed E-state index contributed by atoms with van der Waals surface area (Å²) in [5, 5.41) is 4.48. The van der Waals surface area contributed by atoms with E-state index < -0.39 is 0 Å². The number of benzene rings is 1. The van der Waals surface area contributed by atoms with E-state index in [4.69, 9.17) is 11.6 Å². The Bertz CT molecular complexity index is 368. The third-order valence-corrected chi connectivity index (χ3v) is 4.04. The minimum atomic E-state index is 0.347. The van der Waals surface area contributed by atoms with Gasteiger partial charge in [0.25, 0.3) is 0 Å². The van der Waals surface area contributed by atoms with Crippen molar-refractivity contribution in [3.63, 3.8) is 0 Å². The molecule has 1 aromatic rings. The van der Waals surface area contributed by atoms with Crippen LogP contribution in [0.1, 0.15) is 52.6 Å². The van der Waals surface area contributed by atoms with Crippen LogP contribution in [-0.4, -0.2) is 6.54 Å². The molecule has 2 unspecified atom stereocenters. The first-order chi connectivity index (χ1) is 8.34. The molecule has 1 rings (SSSR count). The summed E-state index contributed by atoms with van der Waals surface area (Å²) in [6, 6.07) is 8.55. The van der Waals surface area contributed by atoms with Gasteiger partial charge < -0.3 is 5.32 Å². The molecule has 1 nitrogen and oxygen atoms in total. The van der Waals surface area contributed by atoms with Crippen molar-refractivity contribution in [3.8, 4) is 0 Å². The fourth-order valence-electron chi connectivity index (χ4n) is 1.85. The number of hydrogen-bond acceptors (Lipinski definition) is 1. The van der Waals surface area contributed by atoms with E-state index >= 15 is 0 Å². The third-order valence-electron chi connectivity index (χ3n) is 3.81. The topological polar surface area (TPSA) is 12.0 Å². The van der Waals surface area contributed by atoms with Gasteiger partial charge in [-0.25, -0.2) is 0 Å². The quantitative estimate of drug-likeness (QED) is 0.786. The fourth-order valence-corrected chi connectivity index (χ4v) is 2.05. The Hall–Kier alpha value is -0.530. The van der Waals surface area contributed by atoms with Crippen LogP contribution in [0.3, 0.4) is 0 Å². The molecule has 102 valence electrons. The molecule has 0 heterocycles. The lowest BCUT2D eigenvalue weighted by Crippen LogP contribution is -2.32. The Morgan fingerprint density at radius 3 is 2.44 bits per heavy atom. The summed E-state index contributed by atoms with van der Waals surface area (Å²) in [7, 11) is 0. The van der Waals surface area contributed by atoms with Crippen molar-refractivity contribution in [1.82, 2.24) is 5.32 Å². The van der Waals surface area contributed by atoms with Gasteiger partial charge in [0, 0.05) is 11.1 Å². The van der Waals surface area contributed by atoms with Crippen LogP contribution in [0, 0.1) is 11.3 Å². The van der Waals surface area contributed by atoms with E-state index in [1.165, 1.54) is 5.56 Å². The maximum Gasteiger partial charge on any atom is 0.0409 e. The predicted molar refractivity (Wildman–Crippen MR) is 81.1 cm³/mol. The first-order valence-electron chi connectivity index (χ1n) is 6.83. The maximum absolute atomic E-state index is 6.05.